The molecule has 1 unspecified atom stereocenters. The number of fused-ring (bicyclic) bond motifs is 1. The Morgan fingerprint density at radius 3 is 2.93 bits per heavy atom. The van der Waals surface area contributed by atoms with E-state index in [1.807, 2.05) is 11.8 Å². The molecule has 150 valence electrons. The first-order chi connectivity index (χ1) is 12.9. The highest BCUT2D eigenvalue weighted by molar-refractivity contribution is 7.81. The maximum Gasteiger partial charge on any atom is 0.303 e. The van der Waals surface area contributed by atoms with E-state index in [9.17, 15) is 9.90 Å². The molecule has 0 bridgehead atoms. The Kier molecular flexibility index (Phi) is 6.19. The van der Waals surface area contributed by atoms with Gasteiger partial charge < -0.3 is 25.6 Å². The molecule has 3 heterocycles. The number of aliphatic hydroxyl groups is 1. The van der Waals surface area contributed by atoms with Crippen LogP contribution in [0.2, 0.25) is 0 Å². The summed E-state index contributed by atoms with van der Waals surface area (Å²) in [4.78, 5) is 25.7. The van der Waals surface area contributed by atoms with Crippen molar-refractivity contribution >= 4 is 36.5 Å². The van der Waals surface area contributed by atoms with Gasteiger partial charge in [0.05, 0.1) is 17.5 Å². The van der Waals surface area contributed by atoms with Crippen LogP contribution < -0.4 is 5.73 Å². The fourth-order valence-corrected chi connectivity index (χ4v) is 4.11. The first-order valence-electron chi connectivity index (χ1n) is 9.33. The summed E-state index contributed by atoms with van der Waals surface area (Å²) in [5.74, 6) is -0.171. The fraction of sp³-hybridized carbons (Fsp3) is 0.765. The van der Waals surface area contributed by atoms with Crippen LogP contribution in [-0.2, 0) is 9.53 Å². The molecule has 1 saturated heterocycles. The third-order valence-corrected chi connectivity index (χ3v) is 5.80. The maximum atomic E-state index is 10.6. The Bertz CT molecular complexity index is 670. The smallest absolute Gasteiger partial charge is 0.303 e. The number of hydrogen-bond donors (Lipinski definition) is 4. The van der Waals surface area contributed by atoms with E-state index in [1.54, 1.807) is 0 Å². The highest BCUT2D eigenvalue weighted by Crippen LogP contribution is 2.33. The number of carboxylic acids is 1. The molecule has 0 amide bonds. The summed E-state index contributed by atoms with van der Waals surface area (Å²) in [6, 6.07) is 0. The molecule has 3 aliphatic heterocycles. The first kappa shape index (κ1) is 20.2. The predicted octanol–water partition coefficient (Wildman–Crippen LogP) is 0.625. The lowest BCUT2D eigenvalue weighted by Crippen LogP contribution is -2.55. The monoisotopic (exact) mass is 397 g/mol. The zero-order valence-corrected chi connectivity index (χ0v) is 16.3. The third-order valence-electron chi connectivity index (χ3n) is 5.24. The summed E-state index contributed by atoms with van der Waals surface area (Å²) in [5, 5.41) is 18.6. The minimum atomic E-state index is -0.970. The van der Waals surface area contributed by atoms with Crippen molar-refractivity contribution in [1.82, 2.24) is 4.90 Å². The van der Waals surface area contributed by atoms with Gasteiger partial charge in [-0.05, 0) is 25.7 Å². The molecule has 27 heavy (non-hydrogen) atoms. The number of nitrogens with zero attached hydrogens (tertiary/aromatic N) is 4. The van der Waals surface area contributed by atoms with Crippen LogP contribution >= 0.6 is 12.6 Å². The van der Waals surface area contributed by atoms with E-state index < -0.39 is 24.0 Å². The second-order valence-corrected chi connectivity index (χ2v) is 7.74. The predicted molar refractivity (Wildman–Crippen MR) is 105 cm³/mol. The van der Waals surface area contributed by atoms with E-state index in [-0.39, 0.29) is 17.8 Å². The van der Waals surface area contributed by atoms with Crippen LogP contribution in [0.1, 0.15) is 45.4 Å². The fourth-order valence-electron chi connectivity index (χ4n) is 3.69. The first-order valence-corrected chi connectivity index (χ1v) is 9.84. The van der Waals surface area contributed by atoms with Crippen molar-refractivity contribution in [2.45, 2.75) is 74.8 Å². The van der Waals surface area contributed by atoms with Gasteiger partial charge in [0.1, 0.15) is 24.9 Å². The van der Waals surface area contributed by atoms with Crippen LogP contribution in [0.4, 0.5) is 0 Å². The molecule has 4 N–H and O–H groups in total. The van der Waals surface area contributed by atoms with Gasteiger partial charge in [0, 0.05) is 6.42 Å². The van der Waals surface area contributed by atoms with Crippen molar-refractivity contribution in [2.24, 2.45) is 20.7 Å². The van der Waals surface area contributed by atoms with Gasteiger partial charge in [-0.3, -0.25) is 9.79 Å². The standard InChI is InChI=1S/C17H27N5O4S/c1-2-10-12(25)13(27)16(26-10)22-9-20-14-15(22)19-8-21-17(14,18)7-5-3-4-6-11(23)24/h8,10,12-13,16,25,27H,2-7,9,18H2,1H3,(H,23,24)/t10-,12-,13-,16-,17?/m1/s1. The molecule has 0 radical (unpaired) electrons. The van der Waals surface area contributed by atoms with E-state index in [1.165, 1.54) is 6.34 Å². The molecule has 0 aromatic carbocycles. The Morgan fingerprint density at radius 1 is 1.48 bits per heavy atom. The van der Waals surface area contributed by atoms with Gasteiger partial charge in [0.15, 0.2) is 11.5 Å². The average Bonchev–Trinajstić information content (AvgIpc) is 3.17. The van der Waals surface area contributed by atoms with Crippen LogP contribution in [0, 0.1) is 0 Å². The Hall–Kier alpha value is -1.49. The number of aliphatic carboxylic acids is 1. The van der Waals surface area contributed by atoms with Crippen LogP contribution in [0.5, 0.6) is 0 Å². The van der Waals surface area contributed by atoms with Crippen LogP contribution in [0.15, 0.2) is 15.0 Å². The van der Waals surface area contributed by atoms with E-state index in [2.05, 4.69) is 27.6 Å². The molecule has 0 aromatic rings. The van der Waals surface area contributed by atoms with Gasteiger partial charge in [-0.15, -0.1) is 0 Å². The van der Waals surface area contributed by atoms with Crippen molar-refractivity contribution in [3.8, 4) is 0 Å². The SMILES string of the molecule is CC[C@H]1O[C@@H](N2CN=C3C2=NC=NC3(N)CCCCCC(=O)O)[C@H](S)[C@@H]1O. The van der Waals surface area contributed by atoms with Crippen LogP contribution in [-0.4, -0.2) is 75.0 Å². The molecule has 0 spiro atoms. The normalized spacial score (nSPS) is 35.2. The number of nitrogens with two attached hydrogens (primary N) is 1. The number of carboxylic acid groups (broad SMARTS) is 1. The topological polar surface area (TPSA) is 133 Å². The van der Waals surface area contributed by atoms with E-state index in [0.717, 1.165) is 12.8 Å². The van der Waals surface area contributed by atoms with Crippen LogP contribution in [0.25, 0.3) is 0 Å². The molecule has 3 aliphatic rings. The van der Waals surface area contributed by atoms with Gasteiger partial charge in [-0.25, -0.2) is 9.98 Å². The lowest BCUT2D eigenvalue weighted by atomic mass is 9.95. The molecule has 0 saturated carbocycles. The second-order valence-electron chi connectivity index (χ2n) is 7.15. The number of aliphatic imine (C=N–C) groups is 3. The van der Waals surface area contributed by atoms with Crippen LogP contribution in [0.3, 0.4) is 0 Å². The number of unbranched alkanes of at least 4 members (excludes halogenated alkanes) is 2. The highest BCUT2D eigenvalue weighted by Gasteiger charge is 2.49. The van der Waals surface area contributed by atoms with Gasteiger partial charge in [-0.2, -0.15) is 12.6 Å². The molecule has 0 aliphatic carbocycles. The summed E-state index contributed by atoms with van der Waals surface area (Å²) < 4.78 is 5.98. The minimum Gasteiger partial charge on any atom is -0.481 e. The lowest BCUT2D eigenvalue weighted by Gasteiger charge is -2.32. The number of hydrogen-bond acceptors (Lipinski definition) is 9. The summed E-state index contributed by atoms with van der Waals surface area (Å²) in [6.45, 7) is 2.29. The summed E-state index contributed by atoms with van der Waals surface area (Å²) in [5.41, 5.74) is 6.14. The van der Waals surface area contributed by atoms with Crippen molar-refractivity contribution < 1.29 is 19.7 Å². The van der Waals surface area contributed by atoms with E-state index in [0.29, 0.717) is 37.5 Å². The molecule has 3 rings (SSSR count). The lowest BCUT2D eigenvalue weighted by molar-refractivity contribution is -0.137. The maximum absolute atomic E-state index is 10.6. The number of ether oxygens (including phenoxy) is 1. The summed E-state index contributed by atoms with van der Waals surface area (Å²) in [6.07, 6.45) is 3.64. The van der Waals surface area contributed by atoms with Crippen molar-refractivity contribution in [3.05, 3.63) is 0 Å². The number of carbonyl (C=O) groups is 1. The Morgan fingerprint density at radius 2 is 2.26 bits per heavy atom. The molecule has 10 heteroatoms. The number of aliphatic hydroxyl groups excluding tert-OH is 1. The zero-order valence-electron chi connectivity index (χ0n) is 15.4. The van der Waals surface area contributed by atoms with E-state index in [4.69, 9.17) is 15.6 Å². The molecule has 9 nitrogen and oxygen atoms in total. The Labute approximate surface area is 163 Å². The van der Waals surface area contributed by atoms with Crippen molar-refractivity contribution in [3.63, 3.8) is 0 Å². The zero-order chi connectivity index (χ0) is 19.6. The quantitative estimate of drug-likeness (QED) is 0.351. The minimum absolute atomic E-state index is 0.158. The summed E-state index contributed by atoms with van der Waals surface area (Å²) >= 11 is 4.53. The molecular weight excluding hydrogens is 370 g/mol. The molecule has 5 atom stereocenters. The summed E-state index contributed by atoms with van der Waals surface area (Å²) in [7, 11) is 0. The molecule has 0 aromatic heterocycles. The number of thiol groups is 1. The third kappa shape index (κ3) is 4.03. The van der Waals surface area contributed by atoms with Gasteiger partial charge in [0.25, 0.3) is 0 Å². The van der Waals surface area contributed by atoms with Gasteiger partial charge in [0.2, 0.25) is 0 Å². The van der Waals surface area contributed by atoms with E-state index >= 15 is 0 Å². The highest BCUT2D eigenvalue weighted by atomic mass is 32.1. The largest absolute Gasteiger partial charge is 0.481 e. The average molecular weight is 398 g/mol. The van der Waals surface area contributed by atoms with Gasteiger partial charge in [-0.1, -0.05) is 13.3 Å². The molecule has 1 fully saturated rings. The number of amidine groups is 1. The second kappa shape index (κ2) is 8.26. The van der Waals surface area contributed by atoms with Gasteiger partial charge >= 0.3 is 5.97 Å². The van der Waals surface area contributed by atoms with Crippen molar-refractivity contribution in [2.75, 3.05) is 6.67 Å². The Balaban J connectivity index is 1.64. The molecular formula is C17H27N5O4S. The number of rotatable bonds is 8. The van der Waals surface area contributed by atoms with Crippen molar-refractivity contribution in [1.29, 1.82) is 0 Å².